The van der Waals surface area contributed by atoms with E-state index in [0.717, 1.165) is 6.42 Å². The molecule has 0 aliphatic heterocycles. The second kappa shape index (κ2) is 7.49. The monoisotopic (exact) mass is 345 g/mol. The van der Waals surface area contributed by atoms with Crippen LogP contribution in [0.25, 0.3) is 0 Å². The lowest BCUT2D eigenvalue weighted by Crippen LogP contribution is -2.00. The quantitative estimate of drug-likeness (QED) is 0.503. The van der Waals surface area contributed by atoms with Crippen LogP contribution < -0.4 is 0 Å². The minimum absolute atomic E-state index is 0.947. The summed E-state index contributed by atoms with van der Waals surface area (Å²) < 4.78 is 0. The molecule has 0 amide bonds. The van der Waals surface area contributed by atoms with Gasteiger partial charge in [-0.2, -0.15) is 0 Å². The van der Waals surface area contributed by atoms with Crippen molar-refractivity contribution in [1.29, 1.82) is 0 Å². The van der Waals surface area contributed by atoms with E-state index < -0.39 is 0 Å². The summed E-state index contributed by atoms with van der Waals surface area (Å²) in [5, 5.41) is 0. The standard InChI is InChI=1S/C24H25S/c1-16-11-17(2)13-21(12-16)15-23-18(3)14-19(4)24(20(23)5)25-22-9-7-6-8-10-22/h6-12,14H,15H2,1-5H3. The molecule has 0 saturated heterocycles. The number of benzene rings is 3. The van der Waals surface area contributed by atoms with Crippen LogP contribution in [0.2, 0.25) is 0 Å². The van der Waals surface area contributed by atoms with Crippen molar-refractivity contribution < 1.29 is 0 Å². The molecular weight excluding hydrogens is 320 g/mol. The normalized spacial score (nSPS) is 10.9. The second-order valence-corrected chi connectivity index (χ2v) is 7.98. The minimum atomic E-state index is 0.947. The highest BCUT2D eigenvalue weighted by Gasteiger charge is 2.13. The molecule has 1 heteroatoms. The first-order valence-electron chi connectivity index (χ1n) is 8.76. The molecule has 0 unspecified atom stereocenters. The number of hydrogen-bond acceptors (Lipinski definition) is 1. The van der Waals surface area contributed by atoms with Gasteiger partial charge in [0.15, 0.2) is 0 Å². The number of aryl methyl sites for hydroxylation is 4. The van der Waals surface area contributed by atoms with Crippen molar-refractivity contribution in [2.75, 3.05) is 0 Å². The molecule has 0 aromatic heterocycles. The highest BCUT2D eigenvalue weighted by molar-refractivity contribution is 7.99. The third-order valence-corrected chi connectivity index (χ3v) is 5.93. The van der Waals surface area contributed by atoms with E-state index >= 15 is 0 Å². The molecule has 3 rings (SSSR count). The third-order valence-electron chi connectivity index (χ3n) is 4.59. The van der Waals surface area contributed by atoms with Crippen molar-refractivity contribution in [2.45, 2.75) is 50.8 Å². The molecule has 0 aliphatic rings. The number of rotatable bonds is 4. The molecular formula is C24H25S. The summed E-state index contributed by atoms with van der Waals surface area (Å²) in [5.41, 5.74) is 9.38. The Kier molecular flexibility index (Phi) is 5.34. The molecule has 0 aliphatic carbocycles. The van der Waals surface area contributed by atoms with Gasteiger partial charge in [0.05, 0.1) is 0 Å². The van der Waals surface area contributed by atoms with E-state index in [4.69, 9.17) is 0 Å². The van der Waals surface area contributed by atoms with Crippen molar-refractivity contribution >= 4 is 11.8 Å². The maximum absolute atomic E-state index is 3.53. The van der Waals surface area contributed by atoms with Crippen LogP contribution in [0.4, 0.5) is 0 Å². The van der Waals surface area contributed by atoms with Gasteiger partial charge in [-0.3, -0.25) is 0 Å². The largest absolute Gasteiger partial charge is 0.0895 e. The van der Waals surface area contributed by atoms with Gasteiger partial charge >= 0.3 is 0 Å². The fourth-order valence-corrected chi connectivity index (χ4v) is 4.54. The van der Waals surface area contributed by atoms with Crippen molar-refractivity contribution in [3.05, 3.63) is 93.5 Å². The SMILES string of the molecule is Cc1[c]c(Cc2c(C)cc(C)c(Sc3ccccc3)c2C)cc(C)c1. The first kappa shape index (κ1) is 17.8. The van der Waals surface area contributed by atoms with E-state index in [2.05, 4.69) is 89.2 Å². The van der Waals surface area contributed by atoms with E-state index in [1.807, 2.05) is 11.8 Å². The van der Waals surface area contributed by atoms with E-state index in [0.29, 0.717) is 0 Å². The predicted molar refractivity (Wildman–Crippen MR) is 109 cm³/mol. The van der Waals surface area contributed by atoms with Crippen LogP contribution >= 0.6 is 11.8 Å². The molecule has 25 heavy (non-hydrogen) atoms. The summed E-state index contributed by atoms with van der Waals surface area (Å²) in [4.78, 5) is 2.68. The van der Waals surface area contributed by atoms with Gasteiger partial charge in [0, 0.05) is 9.79 Å². The Morgan fingerprint density at radius 3 is 2.24 bits per heavy atom. The molecule has 3 aromatic rings. The van der Waals surface area contributed by atoms with Crippen LogP contribution in [-0.4, -0.2) is 0 Å². The fraction of sp³-hybridized carbons (Fsp3) is 0.250. The van der Waals surface area contributed by atoms with Crippen molar-refractivity contribution in [3.8, 4) is 0 Å². The van der Waals surface area contributed by atoms with Gasteiger partial charge < -0.3 is 0 Å². The fourth-order valence-electron chi connectivity index (χ4n) is 3.51. The first-order chi connectivity index (χ1) is 11.9. The zero-order chi connectivity index (χ0) is 18.0. The Hall–Kier alpha value is -1.99. The van der Waals surface area contributed by atoms with E-state index in [9.17, 15) is 0 Å². The topological polar surface area (TPSA) is 0 Å². The van der Waals surface area contributed by atoms with Gasteiger partial charge in [0.2, 0.25) is 0 Å². The first-order valence-corrected chi connectivity index (χ1v) is 9.57. The van der Waals surface area contributed by atoms with Crippen LogP contribution in [0.5, 0.6) is 0 Å². The predicted octanol–water partition coefficient (Wildman–Crippen LogP) is 6.77. The summed E-state index contributed by atoms with van der Waals surface area (Å²) in [6, 6.07) is 20.9. The molecule has 1 radical (unpaired) electrons. The molecule has 0 saturated carbocycles. The Labute approximate surface area is 156 Å². The van der Waals surface area contributed by atoms with E-state index in [1.165, 1.54) is 48.7 Å². The highest BCUT2D eigenvalue weighted by Crippen LogP contribution is 2.36. The van der Waals surface area contributed by atoms with Gasteiger partial charge in [-0.05, 0) is 92.6 Å². The van der Waals surface area contributed by atoms with Crippen LogP contribution in [0.15, 0.2) is 58.3 Å². The second-order valence-electron chi connectivity index (χ2n) is 6.90. The summed E-state index contributed by atoms with van der Waals surface area (Å²) >= 11 is 1.87. The lowest BCUT2D eigenvalue weighted by atomic mass is 9.93. The molecule has 0 bridgehead atoms. The Morgan fingerprint density at radius 2 is 1.56 bits per heavy atom. The molecule has 0 atom stereocenters. The number of hydrogen-bond donors (Lipinski definition) is 0. The Morgan fingerprint density at radius 1 is 0.840 bits per heavy atom. The van der Waals surface area contributed by atoms with Crippen LogP contribution in [-0.2, 0) is 6.42 Å². The van der Waals surface area contributed by atoms with Gasteiger partial charge in [0.25, 0.3) is 0 Å². The van der Waals surface area contributed by atoms with Crippen LogP contribution in [0.1, 0.15) is 38.9 Å². The summed E-state index contributed by atoms with van der Waals surface area (Å²) in [6.45, 7) is 11.0. The molecule has 0 fully saturated rings. The summed E-state index contributed by atoms with van der Waals surface area (Å²) in [5.74, 6) is 0. The van der Waals surface area contributed by atoms with E-state index in [1.54, 1.807) is 0 Å². The van der Waals surface area contributed by atoms with Crippen molar-refractivity contribution in [2.24, 2.45) is 0 Å². The van der Waals surface area contributed by atoms with Gasteiger partial charge in [0.1, 0.15) is 0 Å². The van der Waals surface area contributed by atoms with Gasteiger partial charge in [-0.25, -0.2) is 0 Å². The maximum Gasteiger partial charge on any atom is 0.0183 e. The Bertz CT molecular complexity index is 871. The molecule has 0 heterocycles. The maximum atomic E-state index is 3.53. The average Bonchev–Trinajstić information content (AvgIpc) is 2.55. The summed E-state index contributed by atoms with van der Waals surface area (Å²) in [7, 11) is 0. The Balaban J connectivity index is 2.00. The summed E-state index contributed by atoms with van der Waals surface area (Å²) in [6.07, 6.45) is 0.947. The van der Waals surface area contributed by atoms with E-state index in [-0.39, 0.29) is 0 Å². The smallest absolute Gasteiger partial charge is 0.0183 e. The molecule has 0 nitrogen and oxygen atoms in total. The molecule has 127 valence electrons. The lowest BCUT2D eigenvalue weighted by Gasteiger charge is -2.17. The third kappa shape index (κ3) is 4.16. The zero-order valence-corrected chi connectivity index (χ0v) is 16.6. The molecule has 3 aromatic carbocycles. The average molecular weight is 346 g/mol. The molecule has 0 spiro atoms. The van der Waals surface area contributed by atoms with Crippen LogP contribution in [0, 0.1) is 40.7 Å². The van der Waals surface area contributed by atoms with Gasteiger partial charge in [-0.15, -0.1) is 0 Å². The lowest BCUT2D eigenvalue weighted by molar-refractivity contribution is 1.05. The van der Waals surface area contributed by atoms with Crippen molar-refractivity contribution in [3.63, 3.8) is 0 Å². The zero-order valence-electron chi connectivity index (χ0n) is 15.7. The van der Waals surface area contributed by atoms with Crippen LogP contribution in [0.3, 0.4) is 0 Å². The van der Waals surface area contributed by atoms with Crippen molar-refractivity contribution in [1.82, 2.24) is 0 Å². The highest BCUT2D eigenvalue weighted by atomic mass is 32.2. The van der Waals surface area contributed by atoms with Gasteiger partial charge in [-0.1, -0.05) is 53.7 Å². The molecule has 0 N–H and O–H groups in total. The minimum Gasteiger partial charge on any atom is -0.0895 e.